The summed E-state index contributed by atoms with van der Waals surface area (Å²) in [6, 6.07) is 10.5. The van der Waals surface area contributed by atoms with Gasteiger partial charge in [-0.2, -0.15) is 0 Å². The number of carbonyl (C=O) groups is 2. The average Bonchev–Trinajstić information content (AvgIpc) is 2.59. The van der Waals surface area contributed by atoms with E-state index in [1.165, 1.54) is 7.11 Å². The van der Waals surface area contributed by atoms with Crippen molar-refractivity contribution in [2.24, 2.45) is 0 Å². The van der Waals surface area contributed by atoms with Crippen molar-refractivity contribution in [1.82, 2.24) is 10.3 Å². The van der Waals surface area contributed by atoms with Crippen LogP contribution in [0.5, 0.6) is 0 Å². The molecule has 1 heterocycles. The molecule has 0 aliphatic heterocycles. The lowest BCUT2D eigenvalue weighted by Crippen LogP contribution is -2.21. The Balaban J connectivity index is 1.75. The molecule has 0 saturated heterocycles. The van der Waals surface area contributed by atoms with Crippen LogP contribution in [0.25, 0.3) is 0 Å². The van der Waals surface area contributed by atoms with E-state index in [9.17, 15) is 9.59 Å². The second kappa shape index (κ2) is 8.65. The molecule has 0 unspecified atom stereocenters. The number of ether oxygens (including phenoxy) is 1. The Morgan fingerprint density at radius 3 is 2.83 bits per heavy atom. The maximum absolute atomic E-state index is 11.9. The Hall–Kier alpha value is -2.73. The first-order chi connectivity index (χ1) is 11.2. The fourth-order valence-corrected chi connectivity index (χ4v) is 2.00. The fraction of sp³-hybridized carbons (Fsp3) is 0.235. The summed E-state index contributed by atoms with van der Waals surface area (Å²) in [6.07, 6.45) is 3.84. The van der Waals surface area contributed by atoms with E-state index in [1.54, 1.807) is 36.7 Å². The summed E-state index contributed by atoms with van der Waals surface area (Å²) in [4.78, 5) is 27.4. The lowest BCUT2D eigenvalue weighted by atomic mass is 10.2. The van der Waals surface area contributed by atoms with Crippen molar-refractivity contribution < 1.29 is 14.3 Å². The molecule has 0 bridgehead atoms. The number of carbonyl (C=O) groups excluding carboxylic acids is 2. The number of aromatic nitrogens is 1. The molecule has 2 aromatic rings. The van der Waals surface area contributed by atoms with Gasteiger partial charge in [-0.05, 0) is 29.8 Å². The molecule has 6 heteroatoms. The van der Waals surface area contributed by atoms with Crippen molar-refractivity contribution in [2.45, 2.75) is 13.0 Å². The average molecular weight is 313 g/mol. The molecule has 0 spiro atoms. The van der Waals surface area contributed by atoms with Crippen molar-refractivity contribution in [3.63, 3.8) is 0 Å². The Morgan fingerprint density at radius 1 is 1.22 bits per heavy atom. The molecule has 0 radical (unpaired) electrons. The largest absolute Gasteiger partial charge is 0.465 e. The van der Waals surface area contributed by atoms with Crippen molar-refractivity contribution in [3.8, 4) is 0 Å². The molecule has 120 valence electrons. The molecule has 1 amide bonds. The van der Waals surface area contributed by atoms with E-state index < -0.39 is 5.97 Å². The fourth-order valence-electron chi connectivity index (χ4n) is 2.00. The maximum Gasteiger partial charge on any atom is 0.337 e. The Bertz CT molecular complexity index is 659. The Labute approximate surface area is 134 Å². The van der Waals surface area contributed by atoms with Gasteiger partial charge in [-0.1, -0.05) is 12.1 Å². The first-order valence-electron chi connectivity index (χ1n) is 7.27. The van der Waals surface area contributed by atoms with Gasteiger partial charge in [0.15, 0.2) is 0 Å². The van der Waals surface area contributed by atoms with E-state index in [0.717, 1.165) is 5.56 Å². The molecule has 6 nitrogen and oxygen atoms in total. The van der Waals surface area contributed by atoms with Gasteiger partial charge in [0.1, 0.15) is 0 Å². The van der Waals surface area contributed by atoms with E-state index >= 15 is 0 Å². The van der Waals surface area contributed by atoms with Crippen LogP contribution in [0, 0.1) is 0 Å². The number of pyridine rings is 1. The molecule has 0 atom stereocenters. The molecule has 1 aromatic carbocycles. The van der Waals surface area contributed by atoms with Crippen LogP contribution >= 0.6 is 0 Å². The third kappa shape index (κ3) is 5.52. The van der Waals surface area contributed by atoms with Crippen molar-refractivity contribution in [3.05, 3.63) is 59.9 Å². The molecule has 23 heavy (non-hydrogen) atoms. The zero-order valence-electron chi connectivity index (χ0n) is 12.9. The third-order valence-electron chi connectivity index (χ3n) is 3.15. The van der Waals surface area contributed by atoms with Crippen LogP contribution in [0.1, 0.15) is 22.3 Å². The van der Waals surface area contributed by atoms with Gasteiger partial charge in [0.05, 0.1) is 12.7 Å². The van der Waals surface area contributed by atoms with E-state index in [2.05, 4.69) is 20.4 Å². The number of nitrogens with zero attached hydrogens (tertiary/aromatic N) is 1. The zero-order valence-corrected chi connectivity index (χ0v) is 12.9. The van der Waals surface area contributed by atoms with Crippen molar-refractivity contribution in [1.29, 1.82) is 0 Å². The molecule has 1 aromatic heterocycles. The second-order valence-corrected chi connectivity index (χ2v) is 4.91. The normalized spacial score (nSPS) is 10.1. The third-order valence-corrected chi connectivity index (χ3v) is 3.15. The number of hydrogen-bond acceptors (Lipinski definition) is 5. The van der Waals surface area contributed by atoms with Crippen LogP contribution in [0.15, 0.2) is 48.8 Å². The van der Waals surface area contributed by atoms with Crippen molar-refractivity contribution >= 4 is 17.6 Å². The summed E-state index contributed by atoms with van der Waals surface area (Å²) < 4.78 is 4.65. The van der Waals surface area contributed by atoms with E-state index in [1.807, 2.05) is 12.1 Å². The standard InChI is InChI=1S/C17H19N3O3/c1-23-17(22)14-5-2-6-15(10-14)20-16(21)7-9-19-12-13-4-3-8-18-11-13/h2-6,8,10-11,19H,7,9,12H2,1H3,(H,20,21). The Kier molecular flexibility index (Phi) is 6.26. The summed E-state index contributed by atoms with van der Waals surface area (Å²) in [6.45, 7) is 1.22. The molecule has 2 N–H and O–H groups in total. The molecule has 0 saturated carbocycles. The van der Waals surface area contributed by atoms with Gasteiger partial charge in [-0.3, -0.25) is 9.78 Å². The second-order valence-electron chi connectivity index (χ2n) is 4.91. The number of benzene rings is 1. The molecular formula is C17H19N3O3. The van der Waals surface area contributed by atoms with Crippen LogP contribution in [0.4, 0.5) is 5.69 Å². The molecular weight excluding hydrogens is 294 g/mol. The number of anilines is 1. The number of hydrogen-bond donors (Lipinski definition) is 2. The first-order valence-corrected chi connectivity index (χ1v) is 7.27. The van der Waals surface area contributed by atoms with Crippen LogP contribution in [0.3, 0.4) is 0 Å². The monoisotopic (exact) mass is 313 g/mol. The first kappa shape index (κ1) is 16.6. The smallest absolute Gasteiger partial charge is 0.337 e. The zero-order chi connectivity index (χ0) is 16.5. The minimum Gasteiger partial charge on any atom is -0.465 e. The van der Waals surface area contributed by atoms with Crippen LogP contribution in [-0.4, -0.2) is 30.5 Å². The lowest BCUT2D eigenvalue weighted by Gasteiger charge is -2.07. The summed E-state index contributed by atoms with van der Waals surface area (Å²) in [5.41, 5.74) is 2.05. The number of methoxy groups -OCH3 is 1. The van der Waals surface area contributed by atoms with Gasteiger partial charge >= 0.3 is 5.97 Å². The number of rotatable bonds is 7. The minimum absolute atomic E-state index is 0.120. The van der Waals surface area contributed by atoms with Crippen LogP contribution < -0.4 is 10.6 Å². The quantitative estimate of drug-likeness (QED) is 0.603. The predicted molar refractivity (Wildman–Crippen MR) is 87.0 cm³/mol. The summed E-state index contributed by atoms with van der Waals surface area (Å²) in [5.74, 6) is -0.551. The highest BCUT2D eigenvalue weighted by atomic mass is 16.5. The van der Waals surface area contributed by atoms with Gasteiger partial charge in [0.25, 0.3) is 0 Å². The molecule has 0 aliphatic rings. The minimum atomic E-state index is -0.431. The maximum atomic E-state index is 11.9. The van der Waals surface area contributed by atoms with Crippen LogP contribution in [-0.2, 0) is 16.1 Å². The Morgan fingerprint density at radius 2 is 2.09 bits per heavy atom. The van der Waals surface area contributed by atoms with Gasteiger partial charge < -0.3 is 15.4 Å². The van der Waals surface area contributed by atoms with Gasteiger partial charge in [-0.15, -0.1) is 0 Å². The summed E-state index contributed by atoms with van der Waals surface area (Å²) in [5, 5.41) is 5.94. The molecule has 0 fully saturated rings. The highest BCUT2D eigenvalue weighted by molar-refractivity contribution is 5.94. The highest BCUT2D eigenvalue weighted by Gasteiger charge is 2.07. The van der Waals surface area contributed by atoms with Gasteiger partial charge in [-0.25, -0.2) is 4.79 Å². The number of esters is 1. The topological polar surface area (TPSA) is 80.3 Å². The summed E-state index contributed by atoms with van der Waals surface area (Å²) in [7, 11) is 1.32. The van der Waals surface area contributed by atoms with Crippen molar-refractivity contribution in [2.75, 3.05) is 19.0 Å². The highest BCUT2D eigenvalue weighted by Crippen LogP contribution is 2.11. The lowest BCUT2D eigenvalue weighted by molar-refractivity contribution is -0.116. The predicted octanol–water partition coefficient (Wildman–Crippen LogP) is 1.99. The molecule has 0 aliphatic carbocycles. The van der Waals surface area contributed by atoms with Gasteiger partial charge in [0.2, 0.25) is 5.91 Å². The summed E-state index contributed by atoms with van der Waals surface area (Å²) >= 11 is 0. The SMILES string of the molecule is COC(=O)c1cccc(NC(=O)CCNCc2cccnc2)c1. The van der Waals surface area contributed by atoms with E-state index in [-0.39, 0.29) is 5.91 Å². The van der Waals surface area contributed by atoms with E-state index in [0.29, 0.717) is 30.8 Å². The van der Waals surface area contributed by atoms with Crippen LogP contribution in [0.2, 0.25) is 0 Å². The van der Waals surface area contributed by atoms with E-state index in [4.69, 9.17) is 0 Å². The van der Waals surface area contributed by atoms with Gasteiger partial charge in [0, 0.05) is 37.6 Å². The molecule has 2 rings (SSSR count). The number of amides is 1. The number of nitrogens with one attached hydrogen (secondary N) is 2.